The first kappa shape index (κ1) is 13.2. The van der Waals surface area contributed by atoms with Crippen molar-refractivity contribution in [1.29, 1.82) is 0 Å². The molecule has 0 fully saturated rings. The van der Waals surface area contributed by atoms with Crippen molar-refractivity contribution in [2.24, 2.45) is 0 Å². The molecule has 0 radical (unpaired) electrons. The van der Waals surface area contributed by atoms with E-state index in [4.69, 9.17) is 9.47 Å². The van der Waals surface area contributed by atoms with E-state index in [2.05, 4.69) is 9.97 Å². The van der Waals surface area contributed by atoms with Gasteiger partial charge in [-0.3, -0.25) is 9.59 Å². The molecule has 1 aliphatic rings. The van der Waals surface area contributed by atoms with Gasteiger partial charge in [0.05, 0.1) is 6.42 Å². The minimum absolute atomic E-state index is 0.0448. The van der Waals surface area contributed by atoms with Gasteiger partial charge in [-0.1, -0.05) is 0 Å². The number of fused-ring (bicyclic) bond motifs is 1. The van der Waals surface area contributed by atoms with Crippen LogP contribution in [0.5, 0.6) is 11.5 Å². The van der Waals surface area contributed by atoms with Crippen LogP contribution in [-0.4, -0.2) is 34.7 Å². The zero-order valence-corrected chi connectivity index (χ0v) is 11.1. The Labute approximate surface area is 120 Å². The highest BCUT2D eigenvalue weighted by Gasteiger charge is 2.18. The second-order valence-corrected chi connectivity index (χ2v) is 4.45. The molecular weight excluding hydrogens is 272 g/mol. The number of hydrogen-bond acceptors (Lipinski definition) is 6. The Bertz CT molecular complexity index is 685. The fourth-order valence-electron chi connectivity index (χ4n) is 1.99. The van der Waals surface area contributed by atoms with E-state index in [1.54, 1.807) is 24.3 Å². The molecule has 2 aromatic rings. The number of aromatic nitrogens is 2. The van der Waals surface area contributed by atoms with Crippen molar-refractivity contribution in [2.45, 2.75) is 6.42 Å². The van der Waals surface area contributed by atoms with Gasteiger partial charge in [0.1, 0.15) is 13.2 Å². The van der Waals surface area contributed by atoms with Crippen molar-refractivity contribution in [3.63, 3.8) is 0 Å². The Hall–Kier alpha value is -2.76. The van der Waals surface area contributed by atoms with E-state index in [0.717, 1.165) is 0 Å². The van der Waals surface area contributed by atoms with Gasteiger partial charge in [-0.15, -0.1) is 0 Å². The normalized spacial score (nSPS) is 12.8. The molecule has 0 saturated heterocycles. The van der Waals surface area contributed by atoms with Crippen LogP contribution in [0.25, 0.3) is 0 Å². The first-order valence-corrected chi connectivity index (χ1v) is 6.47. The van der Waals surface area contributed by atoms with Crippen LogP contribution >= 0.6 is 0 Å². The lowest BCUT2D eigenvalue weighted by Gasteiger charge is -2.18. The molecule has 0 spiro atoms. The van der Waals surface area contributed by atoms with E-state index in [1.807, 2.05) is 0 Å². The van der Waals surface area contributed by atoms with E-state index in [9.17, 15) is 9.59 Å². The van der Waals surface area contributed by atoms with E-state index in [0.29, 0.717) is 30.3 Å². The summed E-state index contributed by atoms with van der Waals surface area (Å²) in [5.41, 5.74) is 0.406. The monoisotopic (exact) mass is 284 g/mol. The molecular formula is C15H12N2O4. The number of carbonyl (C=O) groups excluding carboxylic acids is 2. The SMILES string of the molecule is O=C(CC(=O)c1ncccn1)c1ccc2c(c1)OCCO2. The van der Waals surface area contributed by atoms with Gasteiger partial charge >= 0.3 is 0 Å². The maximum absolute atomic E-state index is 12.1. The van der Waals surface area contributed by atoms with Crippen molar-refractivity contribution in [2.75, 3.05) is 13.2 Å². The summed E-state index contributed by atoms with van der Waals surface area (Å²) < 4.78 is 10.8. The van der Waals surface area contributed by atoms with Crippen LogP contribution in [-0.2, 0) is 0 Å². The molecule has 0 bridgehead atoms. The van der Waals surface area contributed by atoms with Gasteiger partial charge < -0.3 is 9.47 Å². The van der Waals surface area contributed by atoms with E-state index in [-0.39, 0.29) is 18.0 Å². The van der Waals surface area contributed by atoms with Gasteiger partial charge in [-0.25, -0.2) is 9.97 Å². The Kier molecular flexibility index (Phi) is 3.59. The fourth-order valence-corrected chi connectivity index (χ4v) is 1.99. The van der Waals surface area contributed by atoms with Crippen molar-refractivity contribution in [1.82, 2.24) is 9.97 Å². The molecule has 106 valence electrons. The van der Waals surface area contributed by atoms with Crippen LogP contribution < -0.4 is 9.47 Å². The zero-order chi connectivity index (χ0) is 14.7. The van der Waals surface area contributed by atoms with E-state index >= 15 is 0 Å². The zero-order valence-electron chi connectivity index (χ0n) is 11.1. The Balaban J connectivity index is 1.75. The smallest absolute Gasteiger partial charge is 0.207 e. The largest absolute Gasteiger partial charge is 0.486 e. The molecule has 1 aromatic heterocycles. The highest BCUT2D eigenvalue weighted by atomic mass is 16.6. The second kappa shape index (κ2) is 5.70. The van der Waals surface area contributed by atoms with Crippen LogP contribution in [0.3, 0.4) is 0 Å². The lowest BCUT2D eigenvalue weighted by atomic mass is 10.0. The molecule has 0 aliphatic carbocycles. The molecule has 6 heteroatoms. The topological polar surface area (TPSA) is 78.4 Å². The van der Waals surface area contributed by atoms with E-state index < -0.39 is 5.78 Å². The molecule has 0 unspecified atom stereocenters. The molecule has 1 aromatic carbocycles. The second-order valence-electron chi connectivity index (χ2n) is 4.45. The van der Waals surface area contributed by atoms with Crippen LogP contribution in [0.2, 0.25) is 0 Å². The van der Waals surface area contributed by atoms with Crippen LogP contribution in [0, 0.1) is 0 Å². The van der Waals surface area contributed by atoms with Gasteiger partial charge in [0, 0.05) is 18.0 Å². The molecule has 21 heavy (non-hydrogen) atoms. The fraction of sp³-hybridized carbons (Fsp3) is 0.200. The molecule has 1 aliphatic heterocycles. The summed E-state index contributed by atoms with van der Waals surface area (Å²) in [5, 5.41) is 0. The summed E-state index contributed by atoms with van der Waals surface area (Å²) in [5.74, 6) is 0.467. The highest BCUT2D eigenvalue weighted by Crippen LogP contribution is 2.31. The van der Waals surface area contributed by atoms with Gasteiger partial charge in [-0.2, -0.15) is 0 Å². The number of ether oxygens (including phenoxy) is 2. The third kappa shape index (κ3) is 2.89. The molecule has 3 rings (SSSR count). The third-order valence-corrected chi connectivity index (χ3v) is 3.00. The molecule has 6 nitrogen and oxygen atoms in total. The first-order valence-electron chi connectivity index (χ1n) is 6.47. The van der Waals surface area contributed by atoms with Gasteiger partial charge in [-0.05, 0) is 24.3 Å². The van der Waals surface area contributed by atoms with Gasteiger partial charge in [0.2, 0.25) is 5.78 Å². The summed E-state index contributed by atoms with van der Waals surface area (Å²) in [6, 6.07) is 6.50. The summed E-state index contributed by atoms with van der Waals surface area (Å²) in [4.78, 5) is 31.7. The Morgan fingerprint density at radius 1 is 1.00 bits per heavy atom. The van der Waals surface area contributed by atoms with Gasteiger partial charge in [0.25, 0.3) is 0 Å². The average molecular weight is 284 g/mol. The number of benzene rings is 1. The minimum Gasteiger partial charge on any atom is -0.486 e. The Morgan fingerprint density at radius 3 is 2.48 bits per heavy atom. The molecule has 2 heterocycles. The lowest BCUT2D eigenvalue weighted by Crippen LogP contribution is -2.16. The standard InChI is InChI=1S/C15H12N2O4/c18-11(9-12(19)15-16-4-1-5-17-15)10-2-3-13-14(8-10)21-7-6-20-13/h1-5,8H,6-7,9H2. The number of Topliss-reactive ketones (excluding diaryl/α,β-unsaturated/α-hetero) is 2. The predicted molar refractivity (Wildman–Crippen MR) is 72.7 cm³/mol. The number of ketones is 2. The molecule has 0 saturated carbocycles. The maximum atomic E-state index is 12.1. The number of hydrogen-bond donors (Lipinski definition) is 0. The van der Waals surface area contributed by atoms with Crippen LogP contribution in [0.15, 0.2) is 36.7 Å². The average Bonchev–Trinajstić information content (AvgIpc) is 2.55. The minimum atomic E-state index is -0.407. The Morgan fingerprint density at radius 2 is 1.71 bits per heavy atom. The lowest BCUT2D eigenvalue weighted by molar-refractivity contribution is 0.0887. The maximum Gasteiger partial charge on any atom is 0.207 e. The first-order chi connectivity index (χ1) is 10.2. The van der Waals surface area contributed by atoms with Crippen molar-refractivity contribution >= 4 is 11.6 Å². The molecule has 0 N–H and O–H groups in total. The summed E-state index contributed by atoms with van der Waals surface area (Å²) in [6.45, 7) is 0.936. The van der Waals surface area contributed by atoms with Gasteiger partial charge in [0.15, 0.2) is 23.1 Å². The van der Waals surface area contributed by atoms with Crippen LogP contribution in [0.4, 0.5) is 0 Å². The summed E-state index contributed by atoms with van der Waals surface area (Å²) in [7, 11) is 0. The summed E-state index contributed by atoms with van der Waals surface area (Å²) in [6.07, 6.45) is 2.66. The van der Waals surface area contributed by atoms with Crippen molar-refractivity contribution in [3.05, 3.63) is 48.0 Å². The van der Waals surface area contributed by atoms with Crippen molar-refractivity contribution < 1.29 is 19.1 Å². The number of rotatable bonds is 4. The third-order valence-electron chi connectivity index (χ3n) is 3.00. The van der Waals surface area contributed by atoms with Crippen LogP contribution in [0.1, 0.15) is 27.4 Å². The van der Waals surface area contributed by atoms with E-state index in [1.165, 1.54) is 12.4 Å². The predicted octanol–water partition coefficient (Wildman–Crippen LogP) is 1.70. The number of nitrogens with zero attached hydrogens (tertiary/aromatic N) is 2. The molecule has 0 atom stereocenters. The quantitative estimate of drug-likeness (QED) is 0.628. The summed E-state index contributed by atoms with van der Waals surface area (Å²) >= 11 is 0. The van der Waals surface area contributed by atoms with Crippen molar-refractivity contribution in [3.8, 4) is 11.5 Å². The highest BCUT2D eigenvalue weighted by molar-refractivity contribution is 6.12. The molecule has 0 amide bonds. The number of carbonyl (C=O) groups is 2.